The Morgan fingerprint density at radius 2 is 1.94 bits per heavy atom. The average molecular weight is 427 g/mol. The van der Waals surface area contributed by atoms with Crippen molar-refractivity contribution in [2.75, 3.05) is 13.7 Å². The molecule has 2 N–H and O–H groups in total. The summed E-state index contributed by atoms with van der Waals surface area (Å²) in [6.07, 6.45) is 1.42. The van der Waals surface area contributed by atoms with Crippen LogP contribution >= 0.6 is 0 Å². The van der Waals surface area contributed by atoms with Gasteiger partial charge < -0.3 is 10.5 Å². The molecule has 1 amide bonds. The standard InChI is InChI=1S/C24H27F2N3O2/c1-23(2)21(30)29(4)22(27)28-24(23,3)18-12-14(5-8-19(18)26)11-15-9-10-31-20-13-16(25)6-7-17(15)20/h5-8,12-13,15H,9-11H2,1-4H3,(H2,27,28)/t15?,24-/m1/s1. The van der Waals surface area contributed by atoms with Gasteiger partial charge in [-0.05, 0) is 62.8 Å². The number of amides is 1. The summed E-state index contributed by atoms with van der Waals surface area (Å²) >= 11 is 0. The van der Waals surface area contributed by atoms with Crippen LogP contribution in [-0.2, 0) is 16.8 Å². The predicted molar refractivity (Wildman–Crippen MR) is 115 cm³/mol. The lowest BCUT2D eigenvalue weighted by Gasteiger charge is -2.46. The van der Waals surface area contributed by atoms with Crippen molar-refractivity contribution in [2.24, 2.45) is 16.1 Å². The van der Waals surface area contributed by atoms with E-state index >= 15 is 4.39 Å². The minimum Gasteiger partial charge on any atom is -0.493 e. The quantitative estimate of drug-likeness (QED) is 0.802. The van der Waals surface area contributed by atoms with Crippen molar-refractivity contribution in [2.45, 2.75) is 45.1 Å². The van der Waals surface area contributed by atoms with Crippen LogP contribution in [0.1, 0.15) is 49.8 Å². The van der Waals surface area contributed by atoms with Crippen LogP contribution in [0.3, 0.4) is 0 Å². The molecule has 2 aromatic carbocycles. The van der Waals surface area contributed by atoms with Crippen LogP contribution in [0.25, 0.3) is 0 Å². The Labute approximate surface area is 180 Å². The molecular weight excluding hydrogens is 400 g/mol. The summed E-state index contributed by atoms with van der Waals surface area (Å²) in [7, 11) is 1.57. The van der Waals surface area contributed by atoms with Crippen LogP contribution in [-0.4, -0.2) is 30.4 Å². The van der Waals surface area contributed by atoms with E-state index in [0.29, 0.717) is 24.3 Å². The highest BCUT2D eigenvalue weighted by atomic mass is 19.1. The summed E-state index contributed by atoms with van der Waals surface area (Å²) in [6, 6.07) is 9.54. The lowest BCUT2D eigenvalue weighted by molar-refractivity contribution is -0.140. The third-order valence-corrected chi connectivity index (χ3v) is 6.91. The first-order valence-corrected chi connectivity index (χ1v) is 10.4. The van der Waals surface area contributed by atoms with E-state index in [1.165, 1.54) is 23.1 Å². The maximum absolute atomic E-state index is 15.1. The van der Waals surface area contributed by atoms with Crippen LogP contribution in [0, 0.1) is 17.0 Å². The third-order valence-electron chi connectivity index (χ3n) is 6.91. The summed E-state index contributed by atoms with van der Waals surface area (Å²) in [5.41, 5.74) is 6.04. The van der Waals surface area contributed by atoms with Gasteiger partial charge in [-0.1, -0.05) is 18.2 Å². The van der Waals surface area contributed by atoms with Crippen LogP contribution < -0.4 is 10.5 Å². The number of halogens is 2. The average Bonchev–Trinajstić information content (AvgIpc) is 2.72. The molecule has 0 aromatic heterocycles. The fourth-order valence-electron chi connectivity index (χ4n) is 4.58. The van der Waals surface area contributed by atoms with E-state index in [9.17, 15) is 9.18 Å². The van der Waals surface area contributed by atoms with E-state index in [1.807, 2.05) is 0 Å². The van der Waals surface area contributed by atoms with Gasteiger partial charge >= 0.3 is 0 Å². The van der Waals surface area contributed by atoms with Gasteiger partial charge in [-0.3, -0.25) is 9.69 Å². The molecule has 2 atom stereocenters. The van der Waals surface area contributed by atoms with Gasteiger partial charge in [-0.25, -0.2) is 13.8 Å². The van der Waals surface area contributed by atoms with Crippen LogP contribution in [0.15, 0.2) is 41.4 Å². The van der Waals surface area contributed by atoms with Gasteiger partial charge in [-0.15, -0.1) is 0 Å². The van der Waals surface area contributed by atoms with Gasteiger partial charge in [0.1, 0.15) is 22.9 Å². The van der Waals surface area contributed by atoms with E-state index < -0.39 is 16.8 Å². The number of carbonyl (C=O) groups excluding carboxylic acids is 1. The topological polar surface area (TPSA) is 67.9 Å². The van der Waals surface area contributed by atoms with E-state index in [4.69, 9.17) is 10.5 Å². The largest absolute Gasteiger partial charge is 0.493 e. The highest BCUT2D eigenvalue weighted by Crippen LogP contribution is 2.47. The second-order valence-electron chi connectivity index (χ2n) is 9.07. The molecule has 0 spiro atoms. The number of aliphatic imine (C=N–C) groups is 1. The molecule has 0 aliphatic carbocycles. The number of carbonyl (C=O) groups is 1. The van der Waals surface area contributed by atoms with E-state index in [-0.39, 0.29) is 23.6 Å². The first kappa shape index (κ1) is 21.3. The number of fused-ring (bicyclic) bond motifs is 1. The fourth-order valence-corrected chi connectivity index (χ4v) is 4.58. The Balaban J connectivity index is 1.73. The molecule has 5 nitrogen and oxygen atoms in total. The maximum atomic E-state index is 15.1. The first-order chi connectivity index (χ1) is 14.5. The highest BCUT2D eigenvalue weighted by Gasteiger charge is 2.53. The molecule has 31 heavy (non-hydrogen) atoms. The minimum absolute atomic E-state index is 0.0667. The third kappa shape index (κ3) is 3.36. The van der Waals surface area contributed by atoms with E-state index in [2.05, 4.69) is 4.99 Å². The van der Waals surface area contributed by atoms with Crippen molar-refractivity contribution < 1.29 is 18.3 Å². The van der Waals surface area contributed by atoms with Gasteiger partial charge in [0.15, 0.2) is 5.96 Å². The zero-order valence-electron chi connectivity index (χ0n) is 18.2. The Morgan fingerprint density at radius 3 is 2.68 bits per heavy atom. The Morgan fingerprint density at radius 1 is 1.19 bits per heavy atom. The number of hydrogen-bond donors (Lipinski definition) is 1. The molecular formula is C24H27F2N3O2. The first-order valence-electron chi connectivity index (χ1n) is 10.4. The van der Waals surface area contributed by atoms with E-state index in [1.54, 1.807) is 46.0 Å². The number of nitrogens with two attached hydrogens (primary N) is 1. The van der Waals surface area contributed by atoms with Crippen molar-refractivity contribution in [1.82, 2.24) is 4.90 Å². The number of hydrogen-bond acceptors (Lipinski definition) is 4. The molecule has 7 heteroatoms. The van der Waals surface area contributed by atoms with Gasteiger partial charge in [0, 0.05) is 18.7 Å². The molecule has 2 aliphatic rings. The summed E-state index contributed by atoms with van der Waals surface area (Å²) < 4.78 is 34.3. The summed E-state index contributed by atoms with van der Waals surface area (Å²) in [5.74, 6) is -0.227. The Kier molecular flexibility index (Phi) is 5.03. The summed E-state index contributed by atoms with van der Waals surface area (Å²) in [4.78, 5) is 18.8. The maximum Gasteiger partial charge on any atom is 0.237 e. The molecule has 4 rings (SSSR count). The lowest BCUT2D eigenvalue weighted by Crippen LogP contribution is -2.58. The number of guanidine groups is 1. The Bertz CT molecular complexity index is 1080. The highest BCUT2D eigenvalue weighted by molar-refractivity contribution is 6.01. The smallest absolute Gasteiger partial charge is 0.237 e. The number of rotatable bonds is 3. The summed E-state index contributed by atoms with van der Waals surface area (Å²) in [5, 5.41) is 0. The minimum atomic E-state index is -1.16. The summed E-state index contributed by atoms with van der Waals surface area (Å²) in [6.45, 7) is 5.77. The molecule has 2 aromatic rings. The van der Waals surface area contributed by atoms with Gasteiger partial charge in [0.05, 0.1) is 12.0 Å². The van der Waals surface area contributed by atoms with Crippen LogP contribution in [0.4, 0.5) is 8.78 Å². The molecule has 2 aliphatic heterocycles. The molecule has 164 valence electrons. The van der Waals surface area contributed by atoms with Gasteiger partial charge in [0.2, 0.25) is 5.91 Å². The second-order valence-corrected chi connectivity index (χ2v) is 9.07. The molecule has 2 heterocycles. The van der Waals surface area contributed by atoms with Crippen molar-refractivity contribution in [3.8, 4) is 5.75 Å². The van der Waals surface area contributed by atoms with Gasteiger partial charge in [-0.2, -0.15) is 0 Å². The Hall–Kier alpha value is -2.96. The van der Waals surface area contributed by atoms with Gasteiger partial charge in [0.25, 0.3) is 0 Å². The fraction of sp³-hybridized carbons (Fsp3) is 0.417. The zero-order chi connectivity index (χ0) is 22.6. The molecule has 0 fully saturated rings. The second kappa shape index (κ2) is 7.32. The molecule has 0 saturated heterocycles. The number of ether oxygens (including phenoxy) is 1. The SMILES string of the molecule is CN1C(=O)C(C)(C)[C@@](C)(c2cc(CC3CCOc4cc(F)ccc43)ccc2F)N=C1N. The van der Waals surface area contributed by atoms with Crippen molar-refractivity contribution in [3.63, 3.8) is 0 Å². The lowest BCUT2D eigenvalue weighted by atomic mass is 9.67. The number of benzene rings is 2. The zero-order valence-corrected chi connectivity index (χ0v) is 18.2. The van der Waals surface area contributed by atoms with Crippen molar-refractivity contribution in [3.05, 3.63) is 64.7 Å². The molecule has 0 radical (unpaired) electrons. The molecule has 1 unspecified atom stereocenters. The van der Waals surface area contributed by atoms with E-state index in [0.717, 1.165) is 17.5 Å². The van der Waals surface area contributed by atoms with Crippen molar-refractivity contribution in [1.29, 1.82) is 0 Å². The van der Waals surface area contributed by atoms with Crippen LogP contribution in [0.5, 0.6) is 5.75 Å². The molecule has 0 bridgehead atoms. The molecule has 0 saturated carbocycles. The normalized spacial score (nSPS) is 25.0. The monoisotopic (exact) mass is 427 g/mol. The van der Waals surface area contributed by atoms with Crippen LogP contribution in [0.2, 0.25) is 0 Å². The number of nitrogens with zero attached hydrogens (tertiary/aromatic N) is 2. The predicted octanol–water partition coefficient (Wildman–Crippen LogP) is 4.10. The van der Waals surface area contributed by atoms with Crippen molar-refractivity contribution >= 4 is 11.9 Å².